The van der Waals surface area contributed by atoms with Gasteiger partial charge in [0.15, 0.2) is 0 Å². The van der Waals surface area contributed by atoms with Crippen LogP contribution in [0.15, 0.2) is 17.5 Å². The number of allylic oxidation sites excluding steroid dienone is 1. The van der Waals surface area contributed by atoms with E-state index in [-0.39, 0.29) is 5.41 Å². The molecule has 0 N–H and O–H groups in total. The lowest BCUT2D eigenvalue weighted by molar-refractivity contribution is 0.543. The Morgan fingerprint density at radius 3 is 2.00 bits per heavy atom. The Hall–Kier alpha value is -0.660. The van der Waals surface area contributed by atoms with Crippen molar-refractivity contribution in [3.05, 3.63) is 17.2 Å². The number of nitrogens with zero attached hydrogens (tertiary/aromatic N) is 1. The van der Waals surface area contributed by atoms with Gasteiger partial charge in [-0.15, -0.1) is 4.91 Å². The molecule has 0 aliphatic carbocycles. The molecule has 0 heterocycles. The summed E-state index contributed by atoms with van der Waals surface area (Å²) in [6.45, 7) is 6.03. The van der Waals surface area contributed by atoms with Crippen molar-refractivity contribution in [2.45, 2.75) is 20.8 Å². The van der Waals surface area contributed by atoms with Crippen LogP contribution in [0.5, 0.6) is 0 Å². The first-order valence-corrected chi connectivity index (χ1v) is 2.56. The van der Waals surface area contributed by atoms with Crippen molar-refractivity contribution in [3.63, 3.8) is 0 Å². The van der Waals surface area contributed by atoms with Gasteiger partial charge in [-0.3, -0.25) is 0 Å². The number of hydrogen-bond acceptors (Lipinski definition) is 2. The van der Waals surface area contributed by atoms with Gasteiger partial charge in [-0.05, 0) is 10.6 Å². The molecule has 0 fully saturated rings. The van der Waals surface area contributed by atoms with Gasteiger partial charge in [-0.2, -0.15) is 0 Å². The Morgan fingerprint density at radius 2 is 1.88 bits per heavy atom. The van der Waals surface area contributed by atoms with E-state index in [0.717, 1.165) is 0 Å². The van der Waals surface area contributed by atoms with Crippen LogP contribution >= 0.6 is 0 Å². The van der Waals surface area contributed by atoms with E-state index in [1.807, 2.05) is 20.8 Å². The smallest absolute Gasteiger partial charge is 0.0680 e. The highest BCUT2D eigenvalue weighted by atomic mass is 16.2. The van der Waals surface area contributed by atoms with Crippen molar-refractivity contribution in [3.8, 4) is 0 Å². The standard InChI is InChI=1S/C6H11NO/c1-6(2,3)4-5-7-8/h4-5H,1-3H3/b5-4+. The molecular weight excluding hydrogens is 102 g/mol. The van der Waals surface area contributed by atoms with E-state index in [2.05, 4.69) is 5.18 Å². The number of hydrogen-bond donors (Lipinski definition) is 0. The van der Waals surface area contributed by atoms with Gasteiger partial charge in [0.2, 0.25) is 0 Å². The molecule has 0 radical (unpaired) electrons. The lowest BCUT2D eigenvalue weighted by Gasteiger charge is -2.08. The van der Waals surface area contributed by atoms with Crippen LogP contribution in [0.2, 0.25) is 0 Å². The Kier molecular flexibility index (Phi) is 2.38. The summed E-state index contributed by atoms with van der Waals surface area (Å²) in [5.41, 5.74) is 0.0773. The van der Waals surface area contributed by atoms with E-state index < -0.39 is 0 Å². The summed E-state index contributed by atoms with van der Waals surface area (Å²) in [6, 6.07) is 0. The highest BCUT2D eigenvalue weighted by Crippen LogP contribution is 2.13. The van der Waals surface area contributed by atoms with E-state index in [1.165, 1.54) is 6.20 Å². The monoisotopic (exact) mass is 113 g/mol. The molecule has 0 rings (SSSR count). The molecule has 0 unspecified atom stereocenters. The van der Waals surface area contributed by atoms with E-state index in [1.54, 1.807) is 6.08 Å². The summed E-state index contributed by atoms with van der Waals surface area (Å²) in [5.74, 6) is 0. The Labute approximate surface area is 49.6 Å². The van der Waals surface area contributed by atoms with Crippen LogP contribution < -0.4 is 0 Å². The Bertz CT molecular complexity index is 99.6. The molecular formula is C6H11NO. The minimum Gasteiger partial charge on any atom is -0.145 e. The molecule has 2 heteroatoms. The zero-order valence-corrected chi connectivity index (χ0v) is 5.51. The molecule has 8 heavy (non-hydrogen) atoms. The second kappa shape index (κ2) is 2.60. The summed E-state index contributed by atoms with van der Waals surface area (Å²) < 4.78 is 0. The van der Waals surface area contributed by atoms with Crippen LogP contribution in [-0.4, -0.2) is 0 Å². The van der Waals surface area contributed by atoms with Gasteiger partial charge in [0.1, 0.15) is 0 Å². The molecule has 46 valence electrons. The average Bonchev–Trinajstić information content (AvgIpc) is 1.59. The molecule has 2 nitrogen and oxygen atoms in total. The van der Waals surface area contributed by atoms with Gasteiger partial charge in [0, 0.05) is 0 Å². The molecule has 0 amide bonds. The fraction of sp³-hybridized carbons (Fsp3) is 0.667. The van der Waals surface area contributed by atoms with Crippen molar-refractivity contribution in [2.75, 3.05) is 0 Å². The third-order valence-corrected chi connectivity index (χ3v) is 0.635. The van der Waals surface area contributed by atoms with Gasteiger partial charge in [0.05, 0.1) is 6.20 Å². The fourth-order valence-corrected chi connectivity index (χ4v) is 0.254. The highest BCUT2D eigenvalue weighted by molar-refractivity contribution is 4.90. The maximum atomic E-state index is 9.51. The van der Waals surface area contributed by atoms with Gasteiger partial charge in [-0.25, -0.2) is 0 Å². The predicted molar refractivity (Wildman–Crippen MR) is 34.4 cm³/mol. The third-order valence-electron chi connectivity index (χ3n) is 0.635. The summed E-state index contributed by atoms with van der Waals surface area (Å²) >= 11 is 0. The number of nitroso groups, excluding NO2 is 1. The summed E-state index contributed by atoms with van der Waals surface area (Å²) in [5, 5.41) is 2.59. The molecule has 0 spiro atoms. The first-order valence-electron chi connectivity index (χ1n) is 2.56. The van der Waals surface area contributed by atoms with Crippen LogP contribution in [0.1, 0.15) is 20.8 Å². The molecule has 0 aromatic carbocycles. The van der Waals surface area contributed by atoms with Crippen molar-refractivity contribution < 1.29 is 0 Å². The SMILES string of the molecule is CC(C)(C)/C=C/N=O. The van der Waals surface area contributed by atoms with Gasteiger partial charge < -0.3 is 0 Å². The van der Waals surface area contributed by atoms with Gasteiger partial charge >= 0.3 is 0 Å². The summed E-state index contributed by atoms with van der Waals surface area (Å²) in [7, 11) is 0. The molecule has 0 bridgehead atoms. The summed E-state index contributed by atoms with van der Waals surface area (Å²) in [6.07, 6.45) is 3.04. The molecule has 0 aromatic heterocycles. The van der Waals surface area contributed by atoms with Crippen LogP contribution in [-0.2, 0) is 0 Å². The van der Waals surface area contributed by atoms with Gasteiger partial charge in [-0.1, -0.05) is 26.8 Å². The zero-order chi connectivity index (χ0) is 6.62. The topological polar surface area (TPSA) is 29.4 Å². The van der Waals surface area contributed by atoms with Crippen molar-refractivity contribution >= 4 is 0 Å². The van der Waals surface area contributed by atoms with Crippen LogP contribution in [0.25, 0.3) is 0 Å². The molecule has 0 saturated carbocycles. The fourth-order valence-electron chi connectivity index (χ4n) is 0.254. The van der Waals surface area contributed by atoms with Crippen molar-refractivity contribution in [2.24, 2.45) is 10.6 Å². The molecule has 0 atom stereocenters. The molecule has 0 saturated heterocycles. The maximum Gasteiger partial charge on any atom is 0.0680 e. The second-order valence-electron chi connectivity index (χ2n) is 2.79. The van der Waals surface area contributed by atoms with Crippen molar-refractivity contribution in [1.29, 1.82) is 0 Å². The highest BCUT2D eigenvalue weighted by Gasteiger charge is 2.02. The second-order valence-corrected chi connectivity index (χ2v) is 2.79. The Balaban J connectivity index is 3.69. The maximum absolute atomic E-state index is 9.51. The third kappa shape index (κ3) is 5.34. The lowest BCUT2D eigenvalue weighted by atomic mass is 9.97. The van der Waals surface area contributed by atoms with E-state index in [4.69, 9.17) is 0 Å². The lowest BCUT2D eigenvalue weighted by Crippen LogP contribution is -1.97. The van der Waals surface area contributed by atoms with Gasteiger partial charge in [0.25, 0.3) is 0 Å². The quantitative estimate of drug-likeness (QED) is 0.480. The molecule has 0 aliphatic rings. The molecule has 0 aromatic rings. The normalized spacial score (nSPS) is 12.4. The van der Waals surface area contributed by atoms with E-state index >= 15 is 0 Å². The first-order chi connectivity index (χ1) is 3.56. The summed E-state index contributed by atoms with van der Waals surface area (Å²) in [4.78, 5) is 9.51. The van der Waals surface area contributed by atoms with Crippen LogP contribution in [0, 0.1) is 10.3 Å². The van der Waals surface area contributed by atoms with E-state index in [0.29, 0.717) is 0 Å². The van der Waals surface area contributed by atoms with Crippen molar-refractivity contribution in [1.82, 2.24) is 0 Å². The Morgan fingerprint density at radius 1 is 1.38 bits per heavy atom. The zero-order valence-electron chi connectivity index (χ0n) is 5.51. The first kappa shape index (κ1) is 7.34. The number of rotatable bonds is 1. The largest absolute Gasteiger partial charge is 0.145 e. The average molecular weight is 113 g/mol. The van der Waals surface area contributed by atoms with E-state index in [9.17, 15) is 4.91 Å². The van der Waals surface area contributed by atoms with Crippen LogP contribution in [0.4, 0.5) is 0 Å². The minimum absolute atomic E-state index is 0.0773. The van der Waals surface area contributed by atoms with Crippen LogP contribution in [0.3, 0.4) is 0 Å². The molecule has 0 aliphatic heterocycles. The minimum atomic E-state index is 0.0773. The predicted octanol–water partition coefficient (Wildman–Crippen LogP) is 2.31.